The third-order valence-electron chi connectivity index (χ3n) is 6.44. The number of hydrogen-bond donors (Lipinski definition) is 1. The Morgan fingerprint density at radius 1 is 1.24 bits per heavy atom. The molecule has 4 heteroatoms. The maximum absolute atomic E-state index is 9.94. The Morgan fingerprint density at radius 2 is 2.12 bits per heavy atom. The number of hydrogen-bond acceptors (Lipinski definition) is 4. The van der Waals surface area contributed by atoms with Crippen LogP contribution in [0.3, 0.4) is 0 Å². The van der Waals surface area contributed by atoms with Gasteiger partial charge in [-0.15, -0.1) is 0 Å². The average molecular weight is 357 g/mol. The van der Waals surface area contributed by atoms with Crippen LogP contribution in [0.2, 0.25) is 0 Å². The van der Waals surface area contributed by atoms with Crippen molar-refractivity contribution in [2.45, 2.75) is 38.3 Å². The highest BCUT2D eigenvalue weighted by molar-refractivity contribution is 7.07. The Hall–Kier alpha value is -1.36. The Balaban J connectivity index is 1.51. The summed E-state index contributed by atoms with van der Waals surface area (Å²) in [5.74, 6) is 0.977. The van der Waals surface area contributed by atoms with E-state index < -0.39 is 0 Å². The van der Waals surface area contributed by atoms with Gasteiger partial charge in [-0.3, -0.25) is 9.80 Å². The molecule has 1 aromatic heterocycles. The van der Waals surface area contributed by atoms with Crippen molar-refractivity contribution in [1.82, 2.24) is 9.80 Å². The summed E-state index contributed by atoms with van der Waals surface area (Å²) in [5.41, 5.74) is 2.86. The van der Waals surface area contributed by atoms with Crippen molar-refractivity contribution in [2.24, 2.45) is 5.92 Å². The quantitative estimate of drug-likeness (QED) is 0.902. The Labute approximate surface area is 154 Å². The molecule has 25 heavy (non-hydrogen) atoms. The first-order chi connectivity index (χ1) is 12.0. The van der Waals surface area contributed by atoms with Gasteiger partial charge in [-0.1, -0.05) is 26.0 Å². The molecule has 1 aromatic carbocycles. The second kappa shape index (κ2) is 6.75. The fraction of sp³-hybridized carbons (Fsp3) is 0.524. The summed E-state index contributed by atoms with van der Waals surface area (Å²) in [5, 5.41) is 14.4. The lowest BCUT2D eigenvalue weighted by Gasteiger charge is -2.53. The van der Waals surface area contributed by atoms with Crippen LogP contribution in [0.15, 0.2) is 41.1 Å². The fourth-order valence-electron chi connectivity index (χ4n) is 4.68. The largest absolute Gasteiger partial charge is 0.508 e. The molecule has 134 valence electrons. The van der Waals surface area contributed by atoms with Crippen molar-refractivity contribution in [3.8, 4) is 5.75 Å². The summed E-state index contributed by atoms with van der Waals surface area (Å²) >= 11 is 1.79. The van der Waals surface area contributed by atoms with Crippen LogP contribution in [-0.4, -0.2) is 47.1 Å². The van der Waals surface area contributed by atoms with E-state index in [-0.39, 0.29) is 5.41 Å². The van der Waals surface area contributed by atoms with Crippen LogP contribution < -0.4 is 0 Å². The van der Waals surface area contributed by atoms with E-state index in [1.54, 1.807) is 17.4 Å². The normalized spacial score (nSPS) is 31.0. The van der Waals surface area contributed by atoms with Crippen LogP contribution in [0.1, 0.15) is 31.4 Å². The summed E-state index contributed by atoms with van der Waals surface area (Å²) in [6, 6.07) is 10.8. The minimum absolute atomic E-state index is 0.130. The number of fused-ring (bicyclic) bond motifs is 1. The van der Waals surface area contributed by atoms with Crippen molar-refractivity contribution in [1.29, 1.82) is 0 Å². The van der Waals surface area contributed by atoms with Gasteiger partial charge in [0.05, 0.1) is 0 Å². The van der Waals surface area contributed by atoms with Gasteiger partial charge in [-0.2, -0.15) is 11.3 Å². The summed E-state index contributed by atoms with van der Waals surface area (Å²) in [6.45, 7) is 10.5. The third kappa shape index (κ3) is 3.35. The average Bonchev–Trinajstić information content (AvgIpc) is 3.09. The van der Waals surface area contributed by atoms with Gasteiger partial charge >= 0.3 is 0 Å². The number of nitrogens with zero attached hydrogens (tertiary/aromatic N) is 2. The van der Waals surface area contributed by atoms with Gasteiger partial charge in [0.15, 0.2) is 0 Å². The number of phenolic OH excluding ortho intramolecular Hbond substituents is 1. The number of benzene rings is 1. The van der Waals surface area contributed by atoms with Gasteiger partial charge in [-0.05, 0) is 57.8 Å². The van der Waals surface area contributed by atoms with Crippen molar-refractivity contribution in [3.63, 3.8) is 0 Å². The van der Waals surface area contributed by atoms with Gasteiger partial charge in [0, 0.05) is 38.8 Å². The standard InChI is InChI=1S/C21H28N2OS/c1-16-12-23-8-7-22(13-17-6-9-25-15-17)14-19(23)11-21(16,2)18-4-3-5-20(24)10-18/h3-6,9-10,15-16,19,24H,7-8,11-14H2,1-2H3/t16-,19?,21+/m0/s1. The lowest BCUT2D eigenvalue weighted by molar-refractivity contribution is -0.00554. The minimum atomic E-state index is 0.130. The monoisotopic (exact) mass is 356 g/mol. The molecule has 0 spiro atoms. The van der Waals surface area contributed by atoms with Crippen LogP contribution in [0, 0.1) is 5.92 Å². The number of thiophene rings is 1. The van der Waals surface area contributed by atoms with E-state index in [1.165, 1.54) is 24.2 Å². The molecule has 2 fully saturated rings. The van der Waals surface area contributed by atoms with E-state index in [9.17, 15) is 5.11 Å². The molecule has 2 saturated heterocycles. The molecule has 3 atom stereocenters. The predicted molar refractivity (Wildman–Crippen MR) is 104 cm³/mol. The number of phenols is 1. The number of piperidine rings is 1. The molecule has 2 aliphatic rings. The second-order valence-corrected chi connectivity index (χ2v) is 8.87. The van der Waals surface area contributed by atoms with Crippen molar-refractivity contribution >= 4 is 11.3 Å². The first kappa shape index (κ1) is 17.1. The van der Waals surface area contributed by atoms with Gasteiger partial charge in [0.1, 0.15) is 5.75 Å². The Kier molecular flexibility index (Phi) is 4.61. The molecule has 3 heterocycles. The van der Waals surface area contributed by atoms with Gasteiger partial charge in [-0.25, -0.2) is 0 Å². The summed E-state index contributed by atoms with van der Waals surface area (Å²) < 4.78 is 0. The van der Waals surface area contributed by atoms with Crippen LogP contribution in [0.25, 0.3) is 0 Å². The zero-order chi connectivity index (χ0) is 17.4. The van der Waals surface area contributed by atoms with E-state index in [4.69, 9.17) is 0 Å². The fourth-order valence-corrected chi connectivity index (χ4v) is 5.34. The summed E-state index contributed by atoms with van der Waals surface area (Å²) in [6.07, 6.45) is 1.16. The molecule has 0 aliphatic carbocycles. The third-order valence-corrected chi connectivity index (χ3v) is 7.17. The van der Waals surface area contributed by atoms with Crippen molar-refractivity contribution in [3.05, 3.63) is 52.2 Å². The molecular formula is C21H28N2OS. The van der Waals surface area contributed by atoms with E-state index in [0.29, 0.717) is 17.7 Å². The maximum atomic E-state index is 9.94. The Morgan fingerprint density at radius 3 is 2.88 bits per heavy atom. The zero-order valence-electron chi connectivity index (χ0n) is 15.2. The summed E-state index contributed by atoms with van der Waals surface area (Å²) in [7, 11) is 0. The highest BCUT2D eigenvalue weighted by Crippen LogP contribution is 2.43. The highest BCUT2D eigenvalue weighted by Gasteiger charge is 2.44. The van der Waals surface area contributed by atoms with E-state index >= 15 is 0 Å². The number of aromatic hydroxyl groups is 1. The first-order valence-corrected chi connectivity index (χ1v) is 10.3. The molecule has 0 bridgehead atoms. The molecule has 0 radical (unpaired) electrons. The molecule has 0 saturated carbocycles. The molecular weight excluding hydrogens is 328 g/mol. The summed E-state index contributed by atoms with van der Waals surface area (Å²) in [4.78, 5) is 5.31. The lowest BCUT2D eigenvalue weighted by atomic mass is 9.65. The topological polar surface area (TPSA) is 26.7 Å². The molecule has 0 amide bonds. The smallest absolute Gasteiger partial charge is 0.115 e. The zero-order valence-corrected chi connectivity index (χ0v) is 16.0. The van der Waals surface area contributed by atoms with Gasteiger partial charge in [0.2, 0.25) is 0 Å². The van der Waals surface area contributed by atoms with Crippen LogP contribution in [0.5, 0.6) is 5.75 Å². The van der Waals surface area contributed by atoms with Gasteiger partial charge < -0.3 is 5.11 Å². The number of piperazine rings is 1. The highest BCUT2D eigenvalue weighted by atomic mass is 32.1. The van der Waals surface area contributed by atoms with Crippen LogP contribution in [-0.2, 0) is 12.0 Å². The minimum Gasteiger partial charge on any atom is -0.508 e. The molecule has 1 N–H and O–H groups in total. The molecule has 2 aromatic rings. The molecule has 2 aliphatic heterocycles. The van der Waals surface area contributed by atoms with E-state index in [0.717, 1.165) is 26.1 Å². The first-order valence-electron chi connectivity index (χ1n) is 9.31. The maximum Gasteiger partial charge on any atom is 0.115 e. The Bertz CT molecular complexity index is 716. The molecule has 3 nitrogen and oxygen atoms in total. The predicted octanol–water partition coefficient (Wildman–Crippen LogP) is 3.94. The number of rotatable bonds is 3. The van der Waals surface area contributed by atoms with E-state index in [2.05, 4.69) is 46.5 Å². The van der Waals surface area contributed by atoms with Crippen LogP contribution in [0.4, 0.5) is 0 Å². The van der Waals surface area contributed by atoms with Crippen LogP contribution >= 0.6 is 11.3 Å². The van der Waals surface area contributed by atoms with E-state index in [1.807, 2.05) is 12.1 Å². The second-order valence-electron chi connectivity index (χ2n) is 8.09. The van der Waals surface area contributed by atoms with Gasteiger partial charge in [0.25, 0.3) is 0 Å². The lowest BCUT2D eigenvalue weighted by Crippen LogP contribution is -2.60. The molecule has 4 rings (SSSR count). The SMILES string of the molecule is C[C@H]1CN2CCN(Cc3ccsc3)CC2C[C@@]1(C)c1cccc(O)c1. The van der Waals surface area contributed by atoms with Crippen molar-refractivity contribution < 1.29 is 5.11 Å². The molecule has 1 unspecified atom stereocenters. The van der Waals surface area contributed by atoms with Crippen molar-refractivity contribution in [2.75, 3.05) is 26.2 Å².